The van der Waals surface area contributed by atoms with Crippen molar-refractivity contribution in [2.75, 3.05) is 6.61 Å². The predicted octanol–water partition coefficient (Wildman–Crippen LogP) is 4.69. The lowest BCUT2D eigenvalue weighted by Crippen LogP contribution is -2.26. The van der Waals surface area contributed by atoms with E-state index in [9.17, 15) is 4.21 Å². The molecule has 23 heavy (non-hydrogen) atoms. The largest absolute Gasteiger partial charge is 0.377 e. The van der Waals surface area contributed by atoms with Gasteiger partial charge in [-0.2, -0.15) is 4.40 Å². The lowest BCUT2D eigenvalue weighted by atomic mass is 9.85. The molecule has 2 atom stereocenters. The molecule has 0 radical (unpaired) electrons. The molecule has 0 bridgehead atoms. The van der Waals surface area contributed by atoms with E-state index in [2.05, 4.69) is 16.5 Å². The molecular weight excluding hydrogens is 306 g/mol. The van der Waals surface area contributed by atoms with Gasteiger partial charge in [0.05, 0.1) is 11.4 Å². The third-order valence-electron chi connectivity index (χ3n) is 4.15. The van der Waals surface area contributed by atoms with Crippen LogP contribution in [0.4, 0.5) is 0 Å². The highest BCUT2D eigenvalue weighted by atomic mass is 32.2. The normalized spacial score (nSPS) is 22.2. The van der Waals surface area contributed by atoms with Crippen molar-refractivity contribution in [2.24, 2.45) is 10.3 Å². The average molecular weight is 336 g/mol. The molecule has 4 heteroatoms. The summed E-state index contributed by atoms with van der Waals surface area (Å²) in [5, 5.41) is 0. The fraction of sp³-hybridized carbons (Fsp3) is 0.632. The number of nitrogens with zero attached hydrogens (tertiary/aromatic N) is 1. The first-order chi connectivity index (χ1) is 11.0. The smallest absolute Gasteiger partial charge is 0.144 e. The molecule has 0 amide bonds. The minimum atomic E-state index is -1.15. The molecule has 0 aliphatic heterocycles. The van der Waals surface area contributed by atoms with Crippen LogP contribution in [0.2, 0.25) is 0 Å². The molecular formula is C19H29NO2S. The number of hydrogen-bond acceptors (Lipinski definition) is 2. The van der Waals surface area contributed by atoms with Crippen LogP contribution in [0.5, 0.6) is 0 Å². The minimum Gasteiger partial charge on any atom is -0.377 e. The van der Waals surface area contributed by atoms with E-state index in [0.717, 1.165) is 31.6 Å². The molecule has 3 nitrogen and oxygen atoms in total. The molecule has 128 valence electrons. The van der Waals surface area contributed by atoms with Gasteiger partial charge in [0.15, 0.2) is 0 Å². The van der Waals surface area contributed by atoms with E-state index in [1.807, 2.05) is 39.0 Å². The van der Waals surface area contributed by atoms with Gasteiger partial charge in [0.25, 0.3) is 0 Å². The Labute approximate surface area is 143 Å². The SMILES string of the molecule is CC(C)(C)S(=O)/N=C1\CCCC[C@H]1CCOCc1ccccc1. The summed E-state index contributed by atoms with van der Waals surface area (Å²) in [6.07, 6.45) is 5.53. The van der Waals surface area contributed by atoms with Gasteiger partial charge in [-0.05, 0) is 52.0 Å². The number of benzene rings is 1. The second-order valence-corrected chi connectivity index (χ2v) is 9.12. The summed E-state index contributed by atoms with van der Waals surface area (Å²) in [6, 6.07) is 10.3. The zero-order valence-electron chi connectivity index (χ0n) is 14.6. The van der Waals surface area contributed by atoms with Crippen LogP contribution >= 0.6 is 0 Å². The van der Waals surface area contributed by atoms with Gasteiger partial charge in [0, 0.05) is 18.2 Å². The fourth-order valence-electron chi connectivity index (χ4n) is 2.73. The molecule has 1 aliphatic rings. The Morgan fingerprint density at radius 3 is 2.65 bits per heavy atom. The van der Waals surface area contributed by atoms with Crippen molar-refractivity contribution >= 4 is 16.7 Å². The number of rotatable bonds is 6. The van der Waals surface area contributed by atoms with Gasteiger partial charge in [-0.3, -0.25) is 0 Å². The second-order valence-electron chi connectivity index (χ2n) is 7.21. The molecule has 1 saturated carbocycles. The van der Waals surface area contributed by atoms with E-state index in [-0.39, 0.29) is 4.75 Å². The summed E-state index contributed by atoms with van der Waals surface area (Å²) in [5.41, 5.74) is 2.35. The molecule has 1 aromatic rings. The van der Waals surface area contributed by atoms with Crippen molar-refractivity contribution in [3.05, 3.63) is 35.9 Å². The van der Waals surface area contributed by atoms with E-state index in [0.29, 0.717) is 12.5 Å². The van der Waals surface area contributed by atoms with Crippen molar-refractivity contribution in [1.82, 2.24) is 0 Å². The van der Waals surface area contributed by atoms with E-state index in [1.54, 1.807) is 0 Å². The molecule has 1 aliphatic carbocycles. The Hall–Kier alpha value is -1.00. The Kier molecular flexibility index (Phi) is 6.97. The van der Waals surface area contributed by atoms with E-state index in [1.165, 1.54) is 18.4 Å². The Balaban J connectivity index is 1.84. The maximum absolute atomic E-state index is 12.3. The maximum Gasteiger partial charge on any atom is 0.144 e. The van der Waals surface area contributed by atoms with Gasteiger partial charge in [-0.1, -0.05) is 36.8 Å². The van der Waals surface area contributed by atoms with Crippen LogP contribution < -0.4 is 0 Å². The van der Waals surface area contributed by atoms with Gasteiger partial charge in [-0.15, -0.1) is 0 Å². The van der Waals surface area contributed by atoms with Crippen molar-refractivity contribution in [3.8, 4) is 0 Å². The van der Waals surface area contributed by atoms with Crippen LogP contribution in [-0.4, -0.2) is 21.3 Å². The zero-order valence-corrected chi connectivity index (χ0v) is 15.4. The number of hydrogen-bond donors (Lipinski definition) is 0. The molecule has 2 rings (SSSR count). The highest BCUT2D eigenvalue weighted by Crippen LogP contribution is 2.26. The van der Waals surface area contributed by atoms with E-state index >= 15 is 0 Å². The predicted molar refractivity (Wildman–Crippen MR) is 98.0 cm³/mol. The monoisotopic (exact) mass is 335 g/mol. The van der Waals surface area contributed by atoms with E-state index in [4.69, 9.17) is 4.74 Å². The van der Waals surface area contributed by atoms with Crippen LogP contribution in [0.3, 0.4) is 0 Å². The summed E-state index contributed by atoms with van der Waals surface area (Å²) in [5.74, 6) is 0.436. The molecule has 1 unspecified atom stereocenters. The van der Waals surface area contributed by atoms with Crippen molar-refractivity contribution in [2.45, 2.75) is 64.2 Å². The summed E-state index contributed by atoms with van der Waals surface area (Å²) >= 11 is 0. The minimum absolute atomic E-state index is 0.279. The lowest BCUT2D eigenvalue weighted by molar-refractivity contribution is 0.111. The molecule has 1 fully saturated rings. The van der Waals surface area contributed by atoms with Crippen molar-refractivity contribution < 1.29 is 8.95 Å². The van der Waals surface area contributed by atoms with Crippen LogP contribution in [0, 0.1) is 5.92 Å². The first kappa shape index (κ1) is 18.3. The van der Waals surface area contributed by atoms with Crippen LogP contribution in [0.15, 0.2) is 34.7 Å². The highest BCUT2D eigenvalue weighted by molar-refractivity contribution is 7.85. The van der Waals surface area contributed by atoms with Gasteiger partial charge in [0.2, 0.25) is 0 Å². The molecule has 0 spiro atoms. The third-order valence-corrected chi connectivity index (χ3v) is 5.60. The van der Waals surface area contributed by atoms with Gasteiger partial charge in [-0.25, -0.2) is 4.21 Å². The summed E-state index contributed by atoms with van der Waals surface area (Å²) in [4.78, 5) is 0. The second kappa shape index (κ2) is 8.74. The van der Waals surface area contributed by atoms with Gasteiger partial charge < -0.3 is 4.74 Å². The Bertz CT molecular complexity index is 534. The summed E-state index contributed by atoms with van der Waals surface area (Å²) in [7, 11) is -1.15. The van der Waals surface area contributed by atoms with Gasteiger partial charge >= 0.3 is 0 Å². The van der Waals surface area contributed by atoms with E-state index < -0.39 is 11.0 Å². The lowest BCUT2D eigenvalue weighted by Gasteiger charge is -2.25. The summed E-state index contributed by atoms with van der Waals surface area (Å²) < 4.78 is 22.4. The topological polar surface area (TPSA) is 38.7 Å². The third kappa shape index (κ3) is 6.19. The Morgan fingerprint density at radius 2 is 1.96 bits per heavy atom. The zero-order chi connectivity index (χ0) is 16.7. The van der Waals surface area contributed by atoms with Gasteiger partial charge in [0.1, 0.15) is 11.0 Å². The van der Waals surface area contributed by atoms with Crippen LogP contribution in [0.25, 0.3) is 0 Å². The van der Waals surface area contributed by atoms with Crippen LogP contribution in [0.1, 0.15) is 58.4 Å². The van der Waals surface area contributed by atoms with Crippen molar-refractivity contribution in [3.63, 3.8) is 0 Å². The first-order valence-corrected chi connectivity index (χ1v) is 9.68. The van der Waals surface area contributed by atoms with Crippen molar-refractivity contribution in [1.29, 1.82) is 0 Å². The number of ether oxygens (including phenoxy) is 1. The Morgan fingerprint density at radius 1 is 1.22 bits per heavy atom. The average Bonchev–Trinajstić information content (AvgIpc) is 2.53. The van der Waals surface area contributed by atoms with Crippen LogP contribution in [-0.2, 0) is 22.3 Å². The highest BCUT2D eigenvalue weighted by Gasteiger charge is 2.24. The molecule has 1 aromatic carbocycles. The quantitative estimate of drug-likeness (QED) is 0.708. The summed E-state index contributed by atoms with van der Waals surface area (Å²) in [6.45, 7) is 7.34. The molecule has 0 aromatic heterocycles. The molecule has 0 saturated heterocycles. The maximum atomic E-state index is 12.3. The standard InChI is InChI=1S/C19H29NO2S/c1-19(2,3)23(21)20-18-12-8-7-11-17(18)13-14-22-15-16-9-5-4-6-10-16/h4-6,9-10,17H,7-8,11-15H2,1-3H3/b20-18+/t17-,23?/m0/s1. The fourth-order valence-corrected chi connectivity index (χ4v) is 3.46. The molecule has 0 N–H and O–H groups in total. The first-order valence-electron chi connectivity index (χ1n) is 8.58. The molecule has 0 heterocycles.